The molecular formula is C47H83NO8. The Morgan fingerprint density at radius 1 is 0.607 bits per heavy atom. The molecule has 0 aromatic heterocycles. The van der Waals surface area contributed by atoms with Gasteiger partial charge in [0.1, 0.15) is 24.4 Å². The minimum absolute atomic E-state index is 0.199. The van der Waals surface area contributed by atoms with Gasteiger partial charge in [0.05, 0.1) is 25.4 Å². The maximum absolute atomic E-state index is 12.9. The molecule has 9 nitrogen and oxygen atoms in total. The summed E-state index contributed by atoms with van der Waals surface area (Å²) in [5.74, 6) is -0.199. The topological polar surface area (TPSA) is 149 Å². The molecule has 1 amide bonds. The number of carbonyl (C=O) groups excluding carboxylic acids is 1. The van der Waals surface area contributed by atoms with Crippen molar-refractivity contribution in [3.05, 3.63) is 60.8 Å². The molecule has 0 aromatic rings. The van der Waals surface area contributed by atoms with Crippen LogP contribution in [0, 0.1) is 0 Å². The van der Waals surface area contributed by atoms with Gasteiger partial charge in [-0.15, -0.1) is 0 Å². The quantitative estimate of drug-likeness (QED) is 0.0272. The van der Waals surface area contributed by atoms with Crippen LogP contribution in [-0.4, -0.2) is 87.5 Å². The molecular weight excluding hydrogens is 707 g/mol. The molecule has 1 aliphatic heterocycles. The van der Waals surface area contributed by atoms with Gasteiger partial charge < -0.3 is 40.3 Å². The second-order valence-electron chi connectivity index (χ2n) is 15.5. The van der Waals surface area contributed by atoms with E-state index in [0.717, 1.165) is 70.6 Å². The van der Waals surface area contributed by atoms with Gasteiger partial charge in [0.15, 0.2) is 6.29 Å². The van der Waals surface area contributed by atoms with Gasteiger partial charge in [-0.1, -0.05) is 152 Å². The highest BCUT2D eigenvalue weighted by Crippen LogP contribution is 2.22. The fraction of sp³-hybridized carbons (Fsp3) is 0.766. The summed E-state index contributed by atoms with van der Waals surface area (Å²) in [7, 11) is 0. The van der Waals surface area contributed by atoms with E-state index in [9.17, 15) is 30.3 Å². The van der Waals surface area contributed by atoms with Gasteiger partial charge in [-0.2, -0.15) is 0 Å². The first-order valence-electron chi connectivity index (χ1n) is 22.5. The molecule has 1 fully saturated rings. The van der Waals surface area contributed by atoms with E-state index < -0.39 is 49.5 Å². The summed E-state index contributed by atoms with van der Waals surface area (Å²) >= 11 is 0. The molecule has 324 valence electrons. The van der Waals surface area contributed by atoms with E-state index in [1.165, 1.54) is 83.5 Å². The van der Waals surface area contributed by atoms with Crippen LogP contribution in [0.25, 0.3) is 0 Å². The highest BCUT2D eigenvalue weighted by molar-refractivity contribution is 5.76. The molecule has 56 heavy (non-hydrogen) atoms. The lowest BCUT2D eigenvalue weighted by Gasteiger charge is -2.40. The normalized spacial score (nSPS) is 21.7. The summed E-state index contributed by atoms with van der Waals surface area (Å²) in [6, 6.07) is -0.830. The Morgan fingerprint density at radius 3 is 1.64 bits per heavy atom. The maximum Gasteiger partial charge on any atom is 0.220 e. The Hall–Kier alpha value is -2.11. The standard InChI is InChI=1S/C47H83NO8/c1-3-5-7-9-11-13-15-17-19-20-21-22-23-25-27-29-31-33-35-37-43(51)48-40(39-55-47-46(54)45(53)44(52)42(38-49)56-47)41(50)36-34-32-30-28-26-24-18-16-14-12-10-8-6-4-2/h11,13-14,16-17,19,26,28,34,36,40-42,44-47,49-50,52-54H,3-10,12,15,18,20-25,27,29-33,35,37-39H2,1-2H3,(H,48,51)/b13-11-,16-14+,19-17-,28-26+,36-34+. The first-order chi connectivity index (χ1) is 27.3. The number of rotatable bonds is 36. The second-order valence-corrected chi connectivity index (χ2v) is 15.5. The van der Waals surface area contributed by atoms with Crippen LogP contribution in [0.1, 0.15) is 174 Å². The Balaban J connectivity index is 2.39. The largest absolute Gasteiger partial charge is 0.394 e. The number of unbranched alkanes of at least 4 members (excludes halogenated alkanes) is 18. The number of carbonyl (C=O) groups is 1. The van der Waals surface area contributed by atoms with E-state index in [1.54, 1.807) is 6.08 Å². The summed E-state index contributed by atoms with van der Waals surface area (Å²) in [6.07, 6.45) is 41.1. The van der Waals surface area contributed by atoms with E-state index in [2.05, 4.69) is 67.8 Å². The molecule has 0 radical (unpaired) electrons. The molecule has 0 saturated carbocycles. The van der Waals surface area contributed by atoms with Crippen LogP contribution < -0.4 is 5.32 Å². The van der Waals surface area contributed by atoms with Crippen LogP contribution in [-0.2, 0) is 14.3 Å². The Bertz CT molecular complexity index is 1060. The SMILES string of the molecule is CCCCC/C=C\C/C=C\CCCCCCCCCCCC(=O)NC(COC1OC(CO)C(O)C(O)C1O)C(O)/C=C/CC/C=C/CC/C=C/CCCCCC. The summed E-state index contributed by atoms with van der Waals surface area (Å²) in [4.78, 5) is 12.9. The number of hydrogen-bond acceptors (Lipinski definition) is 8. The van der Waals surface area contributed by atoms with Crippen molar-refractivity contribution in [2.75, 3.05) is 13.2 Å². The average Bonchev–Trinajstić information content (AvgIpc) is 3.20. The Morgan fingerprint density at radius 2 is 1.07 bits per heavy atom. The predicted octanol–water partition coefficient (Wildman–Crippen LogP) is 9.22. The van der Waals surface area contributed by atoms with Crippen molar-refractivity contribution in [1.82, 2.24) is 5.32 Å². The fourth-order valence-corrected chi connectivity index (χ4v) is 6.63. The van der Waals surface area contributed by atoms with Gasteiger partial charge in [0.25, 0.3) is 0 Å². The van der Waals surface area contributed by atoms with Crippen molar-refractivity contribution in [2.45, 2.75) is 217 Å². The van der Waals surface area contributed by atoms with E-state index >= 15 is 0 Å². The van der Waals surface area contributed by atoms with Gasteiger partial charge in [-0.05, 0) is 77.0 Å². The van der Waals surface area contributed by atoms with Gasteiger partial charge in [0, 0.05) is 6.42 Å². The fourth-order valence-electron chi connectivity index (χ4n) is 6.63. The van der Waals surface area contributed by atoms with Crippen LogP contribution in [0.3, 0.4) is 0 Å². The molecule has 1 rings (SSSR count). The lowest BCUT2D eigenvalue weighted by Crippen LogP contribution is -2.60. The molecule has 0 spiro atoms. The lowest BCUT2D eigenvalue weighted by atomic mass is 9.99. The highest BCUT2D eigenvalue weighted by atomic mass is 16.7. The van der Waals surface area contributed by atoms with Crippen LogP contribution in [0.4, 0.5) is 0 Å². The monoisotopic (exact) mass is 790 g/mol. The zero-order chi connectivity index (χ0) is 40.9. The summed E-state index contributed by atoms with van der Waals surface area (Å²) in [6.45, 7) is 3.68. The van der Waals surface area contributed by atoms with Crippen LogP contribution >= 0.6 is 0 Å². The molecule has 0 bridgehead atoms. The minimum Gasteiger partial charge on any atom is -0.394 e. The Kier molecular flexibility index (Phi) is 34.5. The minimum atomic E-state index is -1.58. The van der Waals surface area contributed by atoms with Crippen molar-refractivity contribution in [3.63, 3.8) is 0 Å². The summed E-state index contributed by atoms with van der Waals surface area (Å²) < 4.78 is 11.2. The highest BCUT2D eigenvalue weighted by Gasteiger charge is 2.44. The Labute approximate surface area is 341 Å². The van der Waals surface area contributed by atoms with Crippen LogP contribution in [0.15, 0.2) is 60.8 Å². The number of nitrogens with one attached hydrogen (secondary N) is 1. The average molecular weight is 790 g/mol. The molecule has 7 atom stereocenters. The number of ether oxygens (including phenoxy) is 2. The summed E-state index contributed by atoms with van der Waals surface area (Å²) in [5.41, 5.74) is 0. The summed E-state index contributed by atoms with van der Waals surface area (Å²) in [5, 5.41) is 54.1. The third kappa shape index (κ3) is 27.5. The second kappa shape index (κ2) is 37.2. The van der Waals surface area contributed by atoms with Gasteiger partial charge in [0.2, 0.25) is 5.91 Å². The van der Waals surface area contributed by atoms with Crippen molar-refractivity contribution < 1.29 is 39.8 Å². The van der Waals surface area contributed by atoms with Gasteiger partial charge >= 0.3 is 0 Å². The van der Waals surface area contributed by atoms with Gasteiger partial charge in [-0.25, -0.2) is 0 Å². The smallest absolute Gasteiger partial charge is 0.220 e. The number of amides is 1. The lowest BCUT2D eigenvalue weighted by molar-refractivity contribution is -0.302. The van der Waals surface area contributed by atoms with E-state index in [-0.39, 0.29) is 12.5 Å². The van der Waals surface area contributed by atoms with Crippen molar-refractivity contribution in [3.8, 4) is 0 Å². The third-order valence-corrected chi connectivity index (χ3v) is 10.3. The number of aliphatic hydroxyl groups excluding tert-OH is 5. The van der Waals surface area contributed by atoms with Crippen molar-refractivity contribution in [2.24, 2.45) is 0 Å². The first kappa shape index (κ1) is 51.9. The van der Waals surface area contributed by atoms with E-state index in [4.69, 9.17) is 9.47 Å². The van der Waals surface area contributed by atoms with Gasteiger partial charge in [-0.3, -0.25) is 4.79 Å². The molecule has 1 saturated heterocycles. The molecule has 6 N–H and O–H groups in total. The molecule has 1 aliphatic rings. The van der Waals surface area contributed by atoms with Crippen molar-refractivity contribution in [1.29, 1.82) is 0 Å². The zero-order valence-corrected chi connectivity index (χ0v) is 35.4. The number of hydrogen-bond donors (Lipinski definition) is 6. The molecule has 0 aromatic carbocycles. The van der Waals surface area contributed by atoms with Crippen molar-refractivity contribution >= 4 is 5.91 Å². The molecule has 1 heterocycles. The van der Waals surface area contributed by atoms with Crippen LogP contribution in [0.2, 0.25) is 0 Å². The predicted molar refractivity (Wildman–Crippen MR) is 230 cm³/mol. The van der Waals surface area contributed by atoms with E-state index in [0.29, 0.717) is 6.42 Å². The van der Waals surface area contributed by atoms with E-state index in [1.807, 2.05) is 6.08 Å². The molecule has 9 heteroatoms. The number of allylic oxidation sites excluding steroid dienone is 9. The molecule has 0 aliphatic carbocycles. The molecule has 7 unspecified atom stereocenters. The third-order valence-electron chi connectivity index (χ3n) is 10.3. The number of aliphatic hydroxyl groups is 5. The maximum atomic E-state index is 12.9. The van der Waals surface area contributed by atoms with Crippen LogP contribution in [0.5, 0.6) is 0 Å². The first-order valence-corrected chi connectivity index (χ1v) is 22.5. The zero-order valence-electron chi connectivity index (χ0n) is 35.4.